The van der Waals surface area contributed by atoms with E-state index in [0.717, 1.165) is 49.5 Å². The van der Waals surface area contributed by atoms with Gasteiger partial charge in [0.15, 0.2) is 0 Å². The van der Waals surface area contributed by atoms with E-state index in [1.807, 2.05) is 14.0 Å². The Hall–Kier alpha value is -1.19. The molecule has 1 heterocycles. The van der Waals surface area contributed by atoms with E-state index >= 15 is 0 Å². The first-order valence-electron chi connectivity index (χ1n) is 9.01. The Bertz CT molecular complexity index is 747. The fraction of sp³-hybridized carbons (Fsp3) is 0.611. The molecule has 1 aromatic carbocycles. The number of carbonyl (C=O) groups excluding carboxylic acids is 1. The maximum atomic E-state index is 12.4. The van der Waals surface area contributed by atoms with Gasteiger partial charge in [0.1, 0.15) is 0 Å². The molecule has 0 saturated carbocycles. The molecular weight excluding hydrogens is 388 g/mol. The van der Waals surface area contributed by atoms with E-state index in [2.05, 4.69) is 15.5 Å². The molecule has 7 nitrogen and oxygen atoms in total. The van der Waals surface area contributed by atoms with Crippen LogP contribution < -0.4 is 15.8 Å². The summed E-state index contributed by atoms with van der Waals surface area (Å²) >= 11 is 0. The number of amides is 1. The number of primary sulfonamides is 1. The van der Waals surface area contributed by atoms with Crippen molar-refractivity contribution in [1.29, 1.82) is 0 Å². The molecule has 0 aromatic heterocycles. The SMILES string of the molecule is CNCCC1CCN(CC(=O)Nc2cc(S(N)(=O)=O)cc(C)c2C)CC1.Cl. The van der Waals surface area contributed by atoms with Crippen LogP contribution in [0, 0.1) is 19.8 Å². The van der Waals surface area contributed by atoms with Crippen molar-refractivity contribution in [2.75, 3.05) is 38.5 Å². The van der Waals surface area contributed by atoms with Gasteiger partial charge in [0, 0.05) is 5.69 Å². The molecule has 1 aliphatic heterocycles. The van der Waals surface area contributed by atoms with Gasteiger partial charge in [0.05, 0.1) is 11.4 Å². The zero-order valence-corrected chi connectivity index (χ0v) is 17.9. The number of hydrogen-bond donors (Lipinski definition) is 3. The molecule has 2 rings (SSSR count). The lowest BCUT2D eigenvalue weighted by Crippen LogP contribution is -2.39. The number of nitrogens with two attached hydrogens (primary N) is 1. The highest BCUT2D eigenvalue weighted by Crippen LogP contribution is 2.24. The zero-order valence-electron chi connectivity index (χ0n) is 16.2. The normalized spacial score (nSPS) is 16.0. The number of likely N-dealkylation sites (tertiary alicyclic amines) is 1. The Balaban J connectivity index is 0.00000364. The number of nitrogens with zero attached hydrogens (tertiary/aromatic N) is 1. The number of sulfonamides is 1. The molecule has 1 aromatic rings. The van der Waals surface area contributed by atoms with E-state index in [9.17, 15) is 13.2 Å². The van der Waals surface area contributed by atoms with Gasteiger partial charge in [-0.1, -0.05) is 0 Å². The van der Waals surface area contributed by atoms with Gasteiger partial charge in [0.2, 0.25) is 15.9 Å². The molecule has 0 unspecified atom stereocenters. The van der Waals surface area contributed by atoms with Crippen molar-refractivity contribution < 1.29 is 13.2 Å². The Morgan fingerprint density at radius 3 is 2.44 bits per heavy atom. The first-order valence-corrected chi connectivity index (χ1v) is 10.6. The summed E-state index contributed by atoms with van der Waals surface area (Å²) in [5.74, 6) is 0.589. The van der Waals surface area contributed by atoms with Gasteiger partial charge in [0.25, 0.3) is 0 Å². The zero-order chi connectivity index (χ0) is 19.3. The average molecular weight is 419 g/mol. The van der Waals surface area contributed by atoms with Crippen LogP contribution in [0.25, 0.3) is 0 Å². The first-order chi connectivity index (χ1) is 12.2. The summed E-state index contributed by atoms with van der Waals surface area (Å²) in [6, 6.07) is 2.95. The molecule has 1 amide bonds. The van der Waals surface area contributed by atoms with Crippen molar-refractivity contribution in [3.8, 4) is 0 Å². The van der Waals surface area contributed by atoms with E-state index in [1.54, 1.807) is 6.92 Å². The number of hydrogen-bond acceptors (Lipinski definition) is 5. The Morgan fingerprint density at radius 1 is 1.26 bits per heavy atom. The number of anilines is 1. The standard InChI is InChI=1S/C18H30N4O3S.ClH/c1-13-10-16(26(19,24)25)11-17(14(13)2)21-18(23)12-22-8-5-15(6-9-22)4-7-20-3;/h10-11,15,20H,4-9,12H2,1-3H3,(H,21,23)(H2,19,24,25);1H. The van der Waals surface area contributed by atoms with E-state index in [1.165, 1.54) is 18.6 Å². The van der Waals surface area contributed by atoms with E-state index < -0.39 is 10.0 Å². The predicted molar refractivity (Wildman–Crippen MR) is 111 cm³/mol. The molecule has 0 spiro atoms. The van der Waals surface area contributed by atoms with Gasteiger partial charge >= 0.3 is 0 Å². The largest absolute Gasteiger partial charge is 0.325 e. The van der Waals surface area contributed by atoms with Crippen LogP contribution in [0.4, 0.5) is 5.69 Å². The molecule has 0 aliphatic carbocycles. The number of halogens is 1. The van der Waals surface area contributed by atoms with Crippen molar-refractivity contribution in [3.63, 3.8) is 0 Å². The van der Waals surface area contributed by atoms with E-state index in [4.69, 9.17) is 5.14 Å². The van der Waals surface area contributed by atoms with Crippen LogP contribution in [0.15, 0.2) is 17.0 Å². The molecule has 27 heavy (non-hydrogen) atoms. The first kappa shape index (κ1) is 23.8. The molecule has 4 N–H and O–H groups in total. The second-order valence-corrected chi connectivity index (χ2v) is 8.68. The van der Waals surface area contributed by atoms with Crippen LogP contribution in [-0.2, 0) is 14.8 Å². The lowest BCUT2D eigenvalue weighted by Gasteiger charge is -2.31. The third kappa shape index (κ3) is 7.04. The van der Waals surface area contributed by atoms with Gasteiger partial charge in [-0.15, -0.1) is 12.4 Å². The highest BCUT2D eigenvalue weighted by Gasteiger charge is 2.21. The molecule has 0 radical (unpaired) electrons. The van der Waals surface area contributed by atoms with Gasteiger partial charge < -0.3 is 10.6 Å². The molecule has 0 atom stereocenters. The molecule has 1 fully saturated rings. The Morgan fingerprint density at radius 2 is 1.89 bits per heavy atom. The summed E-state index contributed by atoms with van der Waals surface area (Å²) < 4.78 is 23.2. The summed E-state index contributed by atoms with van der Waals surface area (Å²) in [6.45, 7) is 6.83. The summed E-state index contributed by atoms with van der Waals surface area (Å²) in [7, 11) is -1.84. The van der Waals surface area contributed by atoms with Crippen molar-refractivity contribution >= 4 is 34.0 Å². The van der Waals surface area contributed by atoms with E-state index in [-0.39, 0.29) is 23.2 Å². The molecular formula is C18H31ClN4O3S. The molecule has 0 bridgehead atoms. The number of nitrogens with one attached hydrogen (secondary N) is 2. The van der Waals surface area contributed by atoms with Crippen LogP contribution in [0.3, 0.4) is 0 Å². The van der Waals surface area contributed by atoms with Crippen LogP contribution in [0.5, 0.6) is 0 Å². The molecule has 1 aliphatic rings. The Labute approximate surface area is 168 Å². The van der Waals surface area contributed by atoms with Crippen molar-refractivity contribution in [2.45, 2.75) is 38.0 Å². The Kier molecular flexibility index (Phi) is 9.17. The lowest BCUT2D eigenvalue weighted by atomic mass is 9.93. The molecule has 154 valence electrons. The van der Waals surface area contributed by atoms with Crippen LogP contribution >= 0.6 is 12.4 Å². The van der Waals surface area contributed by atoms with Crippen molar-refractivity contribution in [2.24, 2.45) is 11.1 Å². The monoisotopic (exact) mass is 418 g/mol. The second-order valence-electron chi connectivity index (χ2n) is 7.12. The van der Waals surface area contributed by atoms with Crippen LogP contribution in [-0.4, -0.2) is 52.5 Å². The van der Waals surface area contributed by atoms with Crippen LogP contribution in [0.1, 0.15) is 30.4 Å². The summed E-state index contributed by atoms with van der Waals surface area (Å²) in [5, 5.41) is 11.2. The topological polar surface area (TPSA) is 105 Å². The quantitative estimate of drug-likeness (QED) is 0.624. The molecule has 9 heteroatoms. The highest BCUT2D eigenvalue weighted by atomic mass is 35.5. The van der Waals surface area contributed by atoms with Gasteiger partial charge in [-0.25, -0.2) is 13.6 Å². The summed E-state index contributed by atoms with van der Waals surface area (Å²) in [6.07, 6.45) is 3.39. The molecule has 1 saturated heterocycles. The fourth-order valence-electron chi connectivity index (χ4n) is 3.29. The van der Waals surface area contributed by atoms with Gasteiger partial charge in [-0.05, 0) is 89.0 Å². The third-order valence-corrected chi connectivity index (χ3v) is 6.01. The third-order valence-electron chi connectivity index (χ3n) is 5.12. The maximum Gasteiger partial charge on any atom is 0.238 e. The number of piperidine rings is 1. The number of aryl methyl sites for hydroxylation is 1. The van der Waals surface area contributed by atoms with E-state index in [0.29, 0.717) is 12.2 Å². The fourth-order valence-corrected chi connectivity index (χ4v) is 3.92. The van der Waals surface area contributed by atoms with Gasteiger partial charge in [-0.2, -0.15) is 0 Å². The number of rotatable bonds is 7. The average Bonchev–Trinajstić information content (AvgIpc) is 2.57. The minimum atomic E-state index is -3.81. The van der Waals surface area contributed by atoms with Crippen LogP contribution in [0.2, 0.25) is 0 Å². The summed E-state index contributed by atoms with van der Waals surface area (Å²) in [5.41, 5.74) is 2.12. The minimum absolute atomic E-state index is 0. The van der Waals surface area contributed by atoms with Crippen molar-refractivity contribution in [1.82, 2.24) is 10.2 Å². The number of benzene rings is 1. The highest BCUT2D eigenvalue weighted by molar-refractivity contribution is 7.89. The predicted octanol–water partition coefficient (Wildman–Crippen LogP) is 1.63. The lowest BCUT2D eigenvalue weighted by molar-refractivity contribution is -0.117. The maximum absolute atomic E-state index is 12.4. The minimum Gasteiger partial charge on any atom is -0.325 e. The van der Waals surface area contributed by atoms with Gasteiger partial charge in [-0.3, -0.25) is 9.69 Å². The second kappa shape index (κ2) is 10.4. The van der Waals surface area contributed by atoms with Crippen molar-refractivity contribution in [3.05, 3.63) is 23.3 Å². The number of carbonyl (C=O) groups is 1. The summed E-state index contributed by atoms with van der Waals surface area (Å²) in [4.78, 5) is 14.6. The smallest absolute Gasteiger partial charge is 0.238 e.